The van der Waals surface area contributed by atoms with Gasteiger partial charge in [0.15, 0.2) is 0 Å². The minimum absolute atomic E-state index is 1.25. The summed E-state index contributed by atoms with van der Waals surface area (Å²) >= 11 is 0. The van der Waals surface area contributed by atoms with Crippen LogP contribution in [-0.2, 0) is 0 Å². The normalized spacial score (nSPS) is 10.1. The van der Waals surface area contributed by atoms with E-state index in [-0.39, 0.29) is 0 Å². The van der Waals surface area contributed by atoms with Crippen molar-refractivity contribution in [3.63, 3.8) is 0 Å². The Bertz CT molecular complexity index is 403. The first-order valence-electron chi connectivity index (χ1n) is 4.69. The molecular weight excluding hydrogens is 187 g/mol. The van der Waals surface area contributed by atoms with Gasteiger partial charge in [-0.1, -0.05) is 48.5 Å². The van der Waals surface area contributed by atoms with Crippen LogP contribution in [0.15, 0.2) is 48.5 Å². The van der Waals surface area contributed by atoms with Gasteiger partial charge in [0.25, 0.3) is 0 Å². The van der Waals surface area contributed by atoms with Crippen LogP contribution in [0.4, 0.5) is 0 Å². The lowest BCUT2D eigenvalue weighted by Crippen LogP contribution is -1.96. The van der Waals surface area contributed by atoms with Gasteiger partial charge in [0.05, 0.1) is 0 Å². The summed E-state index contributed by atoms with van der Waals surface area (Å²) in [5.74, 6) is 0. The second-order valence-corrected chi connectivity index (χ2v) is 4.02. The van der Waals surface area contributed by atoms with E-state index in [1.54, 1.807) is 0 Å². The van der Waals surface area contributed by atoms with E-state index in [1.807, 2.05) is 0 Å². The lowest BCUT2D eigenvalue weighted by atomic mass is 10.0. The summed E-state index contributed by atoms with van der Waals surface area (Å²) in [4.78, 5) is 0. The number of benzene rings is 2. The fraction of sp³-hybridized carbons (Fsp3) is 0.0769. The molecule has 0 bridgehead atoms. The van der Waals surface area contributed by atoms with Crippen LogP contribution in [0.25, 0.3) is 11.1 Å². The van der Waals surface area contributed by atoms with Gasteiger partial charge in [-0.2, -0.15) is 0 Å². The van der Waals surface area contributed by atoms with Gasteiger partial charge in [-0.3, -0.25) is 0 Å². The van der Waals surface area contributed by atoms with Crippen LogP contribution < -0.4 is 5.30 Å². The summed E-state index contributed by atoms with van der Waals surface area (Å²) in [7, 11) is 2.78. The van der Waals surface area contributed by atoms with Crippen LogP contribution in [0, 0.1) is 6.92 Å². The van der Waals surface area contributed by atoms with Crippen molar-refractivity contribution in [2.75, 3.05) is 0 Å². The van der Waals surface area contributed by atoms with Crippen molar-refractivity contribution in [3.05, 3.63) is 54.1 Å². The highest BCUT2D eigenvalue weighted by molar-refractivity contribution is 7.28. The Labute approximate surface area is 87.2 Å². The van der Waals surface area contributed by atoms with Gasteiger partial charge in [0, 0.05) is 0 Å². The molecule has 0 N–H and O–H groups in total. The minimum atomic E-state index is 1.25. The molecule has 0 aliphatic carbocycles. The summed E-state index contributed by atoms with van der Waals surface area (Å²) < 4.78 is 0. The van der Waals surface area contributed by atoms with E-state index in [9.17, 15) is 0 Å². The van der Waals surface area contributed by atoms with Crippen LogP contribution in [0.5, 0.6) is 0 Å². The molecule has 1 heteroatoms. The average Bonchev–Trinajstić information content (AvgIpc) is 2.20. The smallest absolute Gasteiger partial charge is 0.0110 e. The number of rotatable bonds is 1. The summed E-state index contributed by atoms with van der Waals surface area (Å²) in [6.45, 7) is 2.15. The first-order chi connectivity index (χ1) is 6.79. The van der Waals surface area contributed by atoms with Crippen molar-refractivity contribution in [1.82, 2.24) is 0 Å². The average molecular weight is 200 g/mol. The van der Waals surface area contributed by atoms with E-state index in [0.29, 0.717) is 0 Å². The predicted octanol–water partition coefficient (Wildman–Crippen LogP) is 3.16. The maximum absolute atomic E-state index is 2.78. The first-order valence-corrected chi connectivity index (χ1v) is 5.27. The zero-order valence-electron chi connectivity index (χ0n) is 8.20. The Morgan fingerprint density at radius 3 is 2.00 bits per heavy atom. The minimum Gasteiger partial charge on any atom is -0.105 e. The molecule has 0 heterocycles. The maximum atomic E-state index is 2.78. The molecule has 0 fully saturated rings. The molecule has 2 rings (SSSR count). The molecule has 0 aliphatic rings. The van der Waals surface area contributed by atoms with Crippen LogP contribution in [0.2, 0.25) is 0 Å². The third kappa shape index (κ3) is 1.71. The summed E-state index contributed by atoms with van der Waals surface area (Å²) in [5, 5.41) is 1.25. The third-order valence-corrected chi connectivity index (χ3v) is 2.90. The topological polar surface area (TPSA) is 0 Å². The van der Waals surface area contributed by atoms with Crippen molar-refractivity contribution >= 4 is 14.5 Å². The third-order valence-electron chi connectivity index (χ3n) is 2.40. The van der Waals surface area contributed by atoms with E-state index < -0.39 is 0 Å². The Morgan fingerprint density at radius 2 is 1.36 bits per heavy atom. The number of aryl methyl sites for hydroxylation is 1. The van der Waals surface area contributed by atoms with Crippen LogP contribution in [0.1, 0.15) is 5.56 Å². The van der Waals surface area contributed by atoms with Crippen LogP contribution >= 0.6 is 9.24 Å². The number of hydrogen-bond donors (Lipinski definition) is 0. The highest BCUT2D eigenvalue weighted by atomic mass is 31.0. The Morgan fingerprint density at radius 1 is 0.786 bits per heavy atom. The number of hydrogen-bond acceptors (Lipinski definition) is 0. The molecule has 0 amide bonds. The largest absolute Gasteiger partial charge is 0.105 e. The Balaban J connectivity index is 2.61. The molecule has 2 aromatic carbocycles. The van der Waals surface area contributed by atoms with Gasteiger partial charge in [0.1, 0.15) is 0 Å². The second-order valence-electron chi connectivity index (χ2n) is 3.40. The SMILES string of the molecule is Cc1ccccc1-c1ccccc1P. The van der Waals surface area contributed by atoms with E-state index in [2.05, 4.69) is 64.7 Å². The van der Waals surface area contributed by atoms with E-state index >= 15 is 0 Å². The molecular formula is C13H13P. The molecule has 1 unspecified atom stereocenters. The van der Waals surface area contributed by atoms with Gasteiger partial charge in [-0.25, -0.2) is 0 Å². The van der Waals surface area contributed by atoms with E-state index in [1.165, 1.54) is 22.0 Å². The molecule has 1 atom stereocenters. The van der Waals surface area contributed by atoms with Crippen LogP contribution in [0.3, 0.4) is 0 Å². The van der Waals surface area contributed by atoms with Crippen molar-refractivity contribution in [1.29, 1.82) is 0 Å². The van der Waals surface area contributed by atoms with Gasteiger partial charge >= 0.3 is 0 Å². The van der Waals surface area contributed by atoms with Crippen molar-refractivity contribution in [2.45, 2.75) is 6.92 Å². The van der Waals surface area contributed by atoms with Crippen molar-refractivity contribution in [3.8, 4) is 11.1 Å². The van der Waals surface area contributed by atoms with Gasteiger partial charge < -0.3 is 0 Å². The van der Waals surface area contributed by atoms with E-state index in [4.69, 9.17) is 0 Å². The lowest BCUT2D eigenvalue weighted by Gasteiger charge is -2.08. The van der Waals surface area contributed by atoms with Gasteiger partial charge in [0.2, 0.25) is 0 Å². The molecule has 0 spiro atoms. The zero-order valence-corrected chi connectivity index (χ0v) is 9.35. The summed E-state index contributed by atoms with van der Waals surface area (Å²) in [6, 6.07) is 16.9. The highest BCUT2D eigenvalue weighted by Crippen LogP contribution is 2.22. The van der Waals surface area contributed by atoms with Crippen LogP contribution in [-0.4, -0.2) is 0 Å². The quantitative estimate of drug-likeness (QED) is 0.620. The van der Waals surface area contributed by atoms with Gasteiger partial charge in [-0.05, 0) is 28.9 Å². The van der Waals surface area contributed by atoms with E-state index in [0.717, 1.165) is 0 Å². The fourth-order valence-corrected chi connectivity index (χ4v) is 1.98. The highest BCUT2D eigenvalue weighted by Gasteiger charge is 2.02. The molecule has 2 aromatic rings. The second kappa shape index (κ2) is 3.94. The molecule has 0 aliphatic heterocycles. The van der Waals surface area contributed by atoms with Crippen molar-refractivity contribution in [2.24, 2.45) is 0 Å². The zero-order chi connectivity index (χ0) is 9.97. The molecule has 0 saturated carbocycles. The summed E-state index contributed by atoms with van der Waals surface area (Å²) in [6.07, 6.45) is 0. The molecule has 0 aromatic heterocycles. The molecule has 70 valence electrons. The Hall–Kier alpha value is -1.13. The molecule has 0 radical (unpaired) electrons. The maximum Gasteiger partial charge on any atom is -0.0110 e. The Kier molecular flexibility index (Phi) is 2.65. The lowest BCUT2D eigenvalue weighted by molar-refractivity contribution is 1.47. The molecule has 0 nitrogen and oxygen atoms in total. The monoisotopic (exact) mass is 200 g/mol. The standard InChI is InChI=1S/C13H13P/c1-10-6-2-3-7-11(10)12-8-4-5-9-13(12)14/h2-9H,14H2,1H3. The first kappa shape index (κ1) is 9.43. The molecule has 14 heavy (non-hydrogen) atoms. The summed E-state index contributed by atoms with van der Waals surface area (Å²) in [5.41, 5.74) is 3.94. The predicted molar refractivity (Wildman–Crippen MR) is 66.0 cm³/mol. The fourth-order valence-electron chi connectivity index (χ4n) is 1.62. The molecule has 0 saturated heterocycles. The van der Waals surface area contributed by atoms with Gasteiger partial charge in [-0.15, -0.1) is 9.24 Å². The van der Waals surface area contributed by atoms with Crippen molar-refractivity contribution < 1.29 is 0 Å².